The molecule has 3 rings (SSSR count). The molecule has 1 aromatic carbocycles. The quantitative estimate of drug-likeness (QED) is 0.928. The van der Waals surface area contributed by atoms with Crippen LogP contribution in [0.4, 0.5) is 8.78 Å². The van der Waals surface area contributed by atoms with Crippen molar-refractivity contribution in [3.8, 4) is 0 Å². The normalized spacial score (nSPS) is 18.5. The Hall–Kier alpha value is -1.78. The molecule has 1 N–H and O–H groups in total. The fraction of sp³-hybridized carbons (Fsp3) is 0.529. The van der Waals surface area contributed by atoms with Crippen LogP contribution in [0.25, 0.3) is 0 Å². The molecule has 0 aliphatic heterocycles. The number of Topliss-reactive ketones (excluding diaryl/α,β-unsaturated/α-hetero) is 1. The van der Waals surface area contributed by atoms with Crippen molar-refractivity contribution in [2.24, 2.45) is 5.92 Å². The van der Waals surface area contributed by atoms with E-state index in [1.807, 2.05) is 6.07 Å². The summed E-state index contributed by atoms with van der Waals surface area (Å²) in [5, 5.41) is 2.34. The molecule has 3 nitrogen and oxygen atoms in total. The van der Waals surface area contributed by atoms with Crippen LogP contribution in [0, 0.1) is 5.92 Å². The van der Waals surface area contributed by atoms with Gasteiger partial charge in [0.25, 0.3) is 5.91 Å². The van der Waals surface area contributed by atoms with Crippen LogP contribution in [0.1, 0.15) is 53.6 Å². The first-order valence-corrected chi connectivity index (χ1v) is 7.79. The fourth-order valence-electron chi connectivity index (χ4n) is 3.39. The minimum atomic E-state index is -3.29. The Morgan fingerprint density at radius 2 is 1.95 bits per heavy atom. The summed E-state index contributed by atoms with van der Waals surface area (Å²) in [6.45, 7) is 0.0720. The van der Waals surface area contributed by atoms with Crippen LogP contribution in [0.15, 0.2) is 18.2 Å². The lowest BCUT2D eigenvalue weighted by atomic mass is 9.99. The topological polar surface area (TPSA) is 46.2 Å². The lowest BCUT2D eigenvalue weighted by Crippen LogP contribution is -2.44. The first kappa shape index (κ1) is 15.1. The molecule has 0 radical (unpaired) electrons. The Kier molecular flexibility index (Phi) is 3.98. The maximum atomic E-state index is 14.0. The molecule has 2 aliphatic carbocycles. The van der Waals surface area contributed by atoms with Gasteiger partial charge < -0.3 is 5.32 Å². The van der Waals surface area contributed by atoms with Crippen molar-refractivity contribution in [3.63, 3.8) is 0 Å². The van der Waals surface area contributed by atoms with Crippen molar-refractivity contribution in [1.82, 2.24) is 5.32 Å². The largest absolute Gasteiger partial charge is 0.347 e. The molecular formula is C17H19F2NO2. The summed E-state index contributed by atoms with van der Waals surface area (Å²) in [6.07, 6.45) is 3.57. The van der Waals surface area contributed by atoms with E-state index in [-0.39, 0.29) is 12.3 Å². The summed E-state index contributed by atoms with van der Waals surface area (Å²) in [7, 11) is 0. The highest BCUT2D eigenvalue weighted by Gasteiger charge is 2.47. The van der Waals surface area contributed by atoms with E-state index in [1.165, 1.54) is 0 Å². The summed E-state index contributed by atoms with van der Waals surface area (Å²) in [6, 6.07) is 5.27. The Morgan fingerprint density at radius 3 is 2.68 bits per heavy atom. The molecule has 0 saturated heterocycles. The monoisotopic (exact) mass is 307 g/mol. The number of aryl methyl sites for hydroxylation is 1. The van der Waals surface area contributed by atoms with Gasteiger partial charge in [0, 0.05) is 24.4 Å². The zero-order valence-electron chi connectivity index (χ0n) is 12.3. The number of halogens is 2. The van der Waals surface area contributed by atoms with E-state index < -0.39 is 17.7 Å². The third kappa shape index (κ3) is 2.76. The van der Waals surface area contributed by atoms with Crippen LogP contribution in [-0.2, 0) is 17.8 Å². The molecule has 0 unspecified atom stereocenters. The number of amides is 1. The van der Waals surface area contributed by atoms with E-state index >= 15 is 0 Å². The van der Waals surface area contributed by atoms with E-state index in [9.17, 15) is 18.4 Å². The average molecular weight is 307 g/mol. The number of ketones is 1. The van der Waals surface area contributed by atoms with Crippen molar-refractivity contribution < 1.29 is 18.4 Å². The molecule has 0 aromatic heterocycles. The van der Waals surface area contributed by atoms with Crippen molar-refractivity contribution in [2.45, 2.75) is 51.0 Å². The molecule has 1 fully saturated rings. The van der Waals surface area contributed by atoms with Crippen molar-refractivity contribution in [2.75, 3.05) is 0 Å². The van der Waals surface area contributed by atoms with Gasteiger partial charge in [-0.15, -0.1) is 0 Å². The van der Waals surface area contributed by atoms with Crippen LogP contribution in [0.2, 0.25) is 0 Å². The number of hydrogen-bond donors (Lipinski definition) is 1. The minimum absolute atomic E-state index is 0.0720. The predicted molar refractivity (Wildman–Crippen MR) is 77.8 cm³/mol. The summed E-state index contributed by atoms with van der Waals surface area (Å²) >= 11 is 0. The predicted octanol–water partition coefficient (Wildman–Crippen LogP) is 3.26. The number of nitrogens with one attached hydrogen (secondary N) is 1. The highest BCUT2D eigenvalue weighted by molar-refractivity contribution is 6.00. The molecule has 0 heterocycles. The van der Waals surface area contributed by atoms with Gasteiger partial charge in [-0.2, -0.15) is 8.78 Å². The number of benzene rings is 1. The van der Waals surface area contributed by atoms with Gasteiger partial charge in [0.1, 0.15) is 0 Å². The Morgan fingerprint density at radius 1 is 1.23 bits per heavy atom. The van der Waals surface area contributed by atoms with Gasteiger partial charge in [-0.05, 0) is 30.4 Å². The first-order valence-electron chi connectivity index (χ1n) is 7.79. The van der Waals surface area contributed by atoms with Crippen LogP contribution in [-0.4, -0.2) is 17.6 Å². The third-order valence-corrected chi connectivity index (χ3v) is 4.72. The SMILES string of the molecule is O=C1CCc2cc(CNC(=O)C(F)(F)C3CCCC3)ccc21. The van der Waals surface area contributed by atoms with Gasteiger partial charge in [0.15, 0.2) is 5.78 Å². The summed E-state index contributed by atoms with van der Waals surface area (Å²) in [5.74, 6) is -5.18. The number of rotatable bonds is 4. The standard InChI is InChI=1S/C17H19F2NO2/c18-17(19,13-3-1-2-4-13)16(22)20-10-11-5-7-14-12(9-11)6-8-15(14)21/h5,7,9,13H,1-4,6,8,10H2,(H,20,22). The van der Waals surface area contributed by atoms with Crippen LogP contribution >= 0.6 is 0 Å². The molecule has 2 aliphatic rings. The second-order valence-corrected chi connectivity index (χ2v) is 6.20. The molecular weight excluding hydrogens is 288 g/mol. The zero-order chi connectivity index (χ0) is 15.7. The van der Waals surface area contributed by atoms with E-state index in [0.29, 0.717) is 31.2 Å². The maximum absolute atomic E-state index is 14.0. The lowest BCUT2D eigenvalue weighted by Gasteiger charge is -2.22. The molecule has 5 heteroatoms. The molecule has 1 saturated carbocycles. The molecule has 22 heavy (non-hydrogen) atoms. The summed E-state index contributed by atoms with van der Waals surface area (Å²) in [4.78, 5) is 23.3. The van der Waals surface area contributed by atoms with Gasteiger partial charge in [-0.1, -0.05) is 31.0 Å². The number of hydrogen-bond acceptors (Lipinski definition) is 2. The van der Waals surface area contributed by atoms with Gasteiger partial charge in [0.05, 0.1) is 0 Å². The zero-order valence-corrected chi connectivity index (χ0v) is 12.3. The maximum Gasteiger partial charge on any atom is 0.327 e. The fourth-order valence-corrected chi connectivity index (χ4v) is 3.39. The number of carbonyl (C=O) groups is 2. The van der Waals surface area contributed by atoms with Crippen molar-refractivity contribution >= 4 is 11.7 Å². The molecule has 0 bridgehead atoms. The molecule has 0 atom stereocenters. The number of carbonyl (C=O) groups excluding carboxylic acids is 2. The molecule has 118 valence electrons. The van der Waals surface area contributed by atoms with E-state index in [1.54, 1.807) is 12.1 Å². The van der Waals surface area contributed by atoms with Crippen molar-refractivity contribution in [3.05, 3.63) is 34.9 Å². The Labute approximate surface area is 128 Å². The Bertz CT molecular complexity index is 607. The highest BCUT2D eigenvalue weighted by atomic mass is 19.3. The second kappa shape index (κ2) is 5.78. The van der Waals surface area contributed by atoms with Crippen LogP contribution in [0.3, 0.4) is 0 Å². The summed E-state index contributed by atoms with van der Waals surface area (Å²) < 4.78 is 28.1. The average Bonchev–Trinajstić information content (AvgIpc) is 3.15. The first-order chi connectivity index (χ1) is 10.5. The van der Waals surface area contributed by atoms with E-state index in [0.717, 1.165) is 24.0 Å². The lowest BCUT2D eigenvalue weighted by molar-refractivity contribution is -0.153. The molecule has 0 spiro atoms. The molecule has 1 aromatic rings. The highest BCUT2D eigenvalue weighted by Crippen LogP contribution is 2.38. The van der Waals surface area contributed by atoms with Crippen LogP contribution in [0.5, 0.6) is 0 Å². The smallest absolute Gasteiger partial charge is 0.327 e. The third-order valence-electron chi connectivity index (χ3n) is 4.72. The van der Waals surface area contributed by atoms with E-state index in [4.69, 9.17) is 0 Å². The minimum Gasteiger partial charge on any atom is -0.347 e. The van der Waals surface area contributed by atoms with Gasteiger partial charge >= 0.3 is 5.92 Å². The number of alkyl halides is 2. The Balaban J connectivity index is 1.62. The van der Waals surface area contributed by atoms with Crippen molar-refractivity contribution in [1.29, 1.82) is 0 Å². The van der Waals surface area contributed by atoms with Gasteiger partial charge in [-0.3, -0.25) is 9.59 Å². The van der Waals surface area contributed by atoms with Crippen LogP contribution < -0.4 is 5.32 Å². The second-order valence-electron chi connectivity index (χ2n) is 6.20. The number of fused-ring (bicyclic) bond motifs is 1. The van der Waals surface area contributed by atoms with Gasteiger partial charge in [0.2, 0.25) is 0 Å². The molecule has 1 amide bonds. The van der Waals surface area contributed by atoms with E-state index in [2.05, 4.69) is 5.32 Å². The van der Waals surface area contributed by atoms with Gasteiger partial charge in [-0.25, -0.2) is 0 Å². The summed E-state index contributed by atoms with van der Waals surface area (Å²) in [5.41, 5.74) is 2.41.